The van der Waals surface area contributed by atoms with E-state index in [9.17, 15) is 4.79 Å². The summed E-state index contributed by atoms with van der Waals surface area (Å²) in [5, 5.41) is 4.17. The molecule has 2 nitrogen and oxygen atoms in total. The van der Waals surface area contributed by atoms with E-state index in [-0.39, 0.29) is 0 Å². The molecule has 0 radical (unpaired) electrons. The molecule has 0 aromatic heterocycles. The topological polar surface area (TPSA) is 20.3 Å². The Bertz CT molecular complexity index is 606. The lowest BCUT2D eigenvalue weighted by Gasteiger charge is -2.18. The zero-order valence-electron chi connectivity index (χ0n) is 9.17. The third-order valence-corrected chi connectivity index (χ3v) is 3.67. The highest BCUT2D eigenvalue weighted by Crippen LogP contribution is 2.31. The normalized spacial score (nSPS) is 14.5. The van der Waals surface area contributed by atoms with Gasteiger partial charge >= 0.3 is 0 Å². The van der Waals surface area contributed by atoms with Crippen molar-refractivity contribution >= 4 is 34.5 Å². The Morgan fingerprint density at radius 2 is 2.06 bits per heavy atom. The zero-order valence-corrected chi connectivity index (χ0v) is 9.98. The van der Waals surface area contributed by atoms with Crippen LogP contribution in [0.4, 0.5) is 5.69 Å². The number of carbonyl (C=O) groups excluding carboxylic acids is 1. The smallest absolute Gasteiger partial charge is 0.152 e. The van der Waals surface area contributed by atoms with E-state index in [0.717, 1.165) is 34.2 Å². The molecule has 0 N–H and O–H groups in total. The first-order chi connectivity index (χ1) is 8.40. The molecule has 17 heavy (non-hydrogen) atoms. The van der Waals surface area contributed by atoms with Crippen LogP contribution in [0.5, 0.6) is 0 Å². The van der Waals surface area contributed by atoms with Crippen LogP contribution in [-0.4, -0.2) is 12.2 Å². The predicted octanol–water partition coefficient (Wildman–Crippen LogP) is 3.63. The van der Waals surface area contributed by atoms with E-state index in [1.54, 1.807) is 11.8 Å². The first kappa shape index (κ1) is 10.4. The average molecular weight is 241 g/mol. The number of carbonyl (C=O) groups is 1. The summed E-state index contributed by atoms with van der Waals surface area (Å²) < 4.78 is 0. The fraction of sp³-hybridized carbons (Fsp3) is 0.0714. The molecule has 3 rings (SSSR count). The Hall–Kier alpha value is -1.74. The van der Waals surface area contributed by atoms with Crippen molar-refractivity contribution in [2.75, 3.05) is 10.8 Å². The molecule has 2 aromatic rings. The second kappa shape index (κ2) is 4.26. The van der Waals surface area contributed by atoms with E-state index in [0.29, 0.717) is 0 Å². The van der Waals surface area contributed by atoms with Crippen LogP contribution in [0.15, 0.2) is 48.0 Å². The van der Waals surface area contributed by atoms with Gasteiger partial charge in [-0.05, 0) is 22.2 Å². The number of fused-ring (bicyclic) bond motifs is 1. The summed E-state index contributed by atoms with van der Waals surface area (Å²) >= 11 is 1.73. The van der Waals surface area contributed by atoms with Crippen molar-refractivity contribution in [2.24, 2.45) is 0 Å². The molecule has 1 heterocycles. The molecular weight excluding hydrogens is 230 g/mol. The first-order valence-electron chi connectivity index (χ1n) is 5.42. The van der Waals surface area contributed by atoms with E-state index in [1.807, 2.05) is 41.9 Å². The second-order valence-electron chi connectivity index (χ2n) is 3.89. The van der Waals surface area contributed by atoms with E-state index in [4.69, 9.17) is 0 Å². The van der Waals surface area contributed by atoms with Gasteiger partial charge in [-0.3, -0.25) is 4.79 Å². The average Bonchev–Trinajstić information content (AvgIpc) is 2.91. The van der Waals surface area contributed by atoms with Crippen molar-refractivity contribution in [1.82, 2.24) is 0 Å². The minimum absolute atomic E-state index is 0.773. The molecular formula is C14H11NOS. The van der Waals surface area contributed by atoms with Crippen LogP contribution in [0.3, 0.4) is 0 Å². The van der Waals surface area contributed by atoms with Crippen LogP contribution in [0, 0.1) is 0 Å². The number of hydrogen-bond acceptors (Lipinski definition) is 3. The standard InChI is InChI=1S/C14H11NOS/c16-9-13-12-4-2-1-3-11(12)5-6-14(13)15-7-8-17-10-15/h1-9H,10H2. The fourth-order valence-corrected chi connectivity index (χ4v) is 2.80. The van der Waals surface area contributed by atoms with Gasteiger partial charge in [0.2, 0.25) is 0 Å². The number of nitrogens with zero attached hydrogens (tertiary/aromatic N) is 1. The van der Waals surface area contributed by atoms with Gasteiger partial charge in [0.15, 0.2) is 6.29 Å². The summed E-state index contributed by atoms with van der Waals surface area (Å²) in [6.07, 6.45) is 2.97. The largest absolute Gasteiger partial charge is 0.337 e. The van der Waals surface area contributed by atoms with Crippen LogP contribution in [0.1, 0.15) is 10.4 Å². The van der Waals surface area contributed by atoms with Crippen molar-refractivity contribution in [3.05, 3.63) is 53.6 Å². The maximum absolute atomic E-state index is 11.3. The van der Waals surface area contributed by atoms with Gasteiger partial charge in [0, 0.05) is 11.8 Å². The fourth-order valence-electron chi connectivity index (χ4n) is 2.09. The minimum atomic E-state index is 0.773. The van der Waals surface area contributed by atoms with Crippen LogP contribution in [0.2, 0.25) is 0 Å². The van der Waals surface area contributed by atoms with Crippen LogP contribution < -0.4 is 4.90 Å². The van der Waals surface area contributed by atoms with Crippen LogP contribution >= 0.6 is 11.8 Å². The van der Waals surface area contributed by atoms with Crippen LogP contribution in [0.25, 0.3) is 10.8 Å². The predicted molar refractivity (Wildman–Crippen MR) is 73.4 cm³/mol. The highest BCUT2D eigenvalue weighted by molar-refractivity contribution is 8.02. The highest BCUT2D eigenvalue weighted by atomic mass is 32.2. The molecule has 3 heteroatoms. The number of thioether (sulfide) groups is 1. The van der Waals surface area contributed by atoms with Gasteiger partial charge in [0.25, 0.3) is 0 Å². The summed E-state index contributed by atoms with van der Waals surface area (Å²) in [6.45, 7) is 0. The van der Waals surface area contributed by atoms with E-state index >= 15 is 0 Å². The minimum Gasteiger partial charge on any atom is -0.337 e. The Morgan fingerprint density at radius 1 is 1.18 bits per heavy atom. The Balaban J connectivity index is 2.24. The summed E-state index contributed by atoms with van der Waals surface area (Å²) in [5.74, 6) is 0.874. The van der Waals surface area contributed by atoms with Crippen molar-refractivity contribution < 1.29 is 4.79 Å². The van der Waals surface area contributed by atoms with E-state index < -0.39 is 0 Å². The number of benzene rings is 2. The third-order valence-electron chi connectivity index (χ3n) is 2.93. The summed E-state index contributed by atoms with van der Waals surface area (Å²) in [4.78, 5) is 13.4. The molecule has 0 fully saturated rings. The molecule has 0 saturated heterocycles. The lowest BCUT2D eigenvalue weighted by Crippen LogP contribution is -2.13. The third kappa shape index (κ3) is 1.72. The molecule has 0 aliphatic carbocycles. The van der Waals surface area contributed by atoms with Gasteiger partial charge in [0.1, 0.15) is 0 Å². The number of aldehydes is 1. The zero-order chi connectivity index (χ0) is 11.7. The van der Waals surface area contributed by atoms with Gasteiger partial charge in [-0.2, -0.15) is 0 Å². The van der Waals surface area contributed by atoms with Crippen molar-refractivity contribution in [2.45, 2.75) is 0 Å². The van der Waals surface area contributed by atoms with Crippen LogP contribution in [-0.2, 0) is 0 Å². The Kier molecular flexibility index (Phi) is 2.61. The SMILES string of the molecule is O=Cc1c(N2C=CSC2)ccc2ccccc12. The van der Waals surface area contributed by atoms with Gasteiger partial charge < -0.3 is 4.90 Å². The maximum atomic E-state index is 11.3. The van der Waals surface area contributed by atoms with Gasteiger partial charge in [0.05, 0.1) is 11.6 Å². The maximum Gasteiger partial charge on any atom is 0.152 e. The molecule has 0 spiro atoms. The molecule has 1 aliphatic rings. The summed E-state index contributed by atoms with van der Waals surface area (Å²) in [7, 11) is 0. The highest BCUT2D eigenvalue weighted by Gasteiger charge is 2.13. The van der Waals surface area contributed by atoms with E-state index in [1.165, 1.54) is 0 Å². The molecule has 1 aliphatic heterocycles. The second-order valence-corrected chi connectivity index (χ2v) is 4.75. The molecule has 2 aromatic carbocycles. The Morgan fingerprint density at radius 3 is 2.82 bits per heavy atom. The van der Waals surface area contributed by atoms with Gasteiger partial charge in [-0.25, -0.2) is 0 Å². The molecule has 84 valence electrons. The molecule has 0 saturated carbocycles. The molecule has 0 unspecified atom stereocenters. The summed E-state index contributed by atoms with van der Waals surface area (Å²) in [6, 6.07) is 12.1. The lowest BCUT2D eigenvalue weighted by molar-refractivity contribution is 0.112. The first-order valence-corrected chi connectivity index (χ1v) is 6.47. The lowest BCUT2D eigenvalue weighted by atomic mass is 10.0. The number of rotatable bonds is 2. The van der Waals surface area contributed by atoms with Crippen molar-refractivity contribution in [3.63, 3.8) is 0 Å². The Labute approximate surface area is 104 Å². The molecule has 0 atom stereocenters. The number of anilines is 1. The van der Waals surface area contributed by atoms with E-state index in [2.05, 4.69) is 11.0 Å². The molecule has 0 amide bonds. The quantitative estimate of drug-likeness (QED) is 0.749. The van der Waals surface area contributed by atoms with Gasteiger partial charge in [-0.1, -0.05) is 30.3 Å². The molecule has 0 bridgehead atoms. The summed E-state index contributed by atoms with van der Waals surface area (Å²) in [5.41, 5.74) is 1.76. The van der Waals surface area contributed by atoms with Crippen molar-refractivity contribution in [1.29, 1.82) is 0 Å². The monoisotopic (exact) mass is 241 g/mol. The van der Waals surface area contributed by atoms with Gasteiger partial charge in [-0.15, -0.1) is 11.8 Å². The van der Waals surface area contributed by atoms with Crippen molar-refractivity contribution in [3.8, 4) is 0 Å². The number of hydrogen-bond donors (Lipinski definition) is 0.